The van der Waals surface area contributed by atoms with Crippen LogP contribution < -0.4 is 5.32 Å². The second-order valence-corrected chi connectivity index (χ2v) is 5.81. The van der Waals surface area contributed by atoms with Gasteiger partial charge in [-0.3, -0.25) is 4.79 Å². The fraction of sp³-hybridized carbons (Fsp3) is 0.923. The van der Waals surface area contributed by atoms with E-state index in [0.29, 0.717) is 25.8 Å². The van der Waals surface area contributed by atoms with Crippen LogP contribution in [0.3, 0.4) is 0 Å². The molecule has 0 aliphatic rings. The number of amides is 1. The molecule has 0 aromatic carbocycles. The lowest BCUT2D eigenvalue weighted by atomic mass is 9.89. The van der Waals surface area contributed by atoms with Gasteiger partial charge < -0.3 is 15.2 Å². The van der Waals surface area contributed by atoms with Gasteiger partial charge in [-0.1, -0.05) is 20.8 Å². The van der Waals surface area contributed by atoms with Gasteiger partial charge in [-0.25, -0.2) is 0 Å². The third kappa shape index (κ3) is 10.3. The predicted octanol–water partition coefficient (Wildman–Crippen LogP) is 1.71. The zero-order valence-electron chi connectivity index (χ0n) is 11.7. The Hall–Kier alpha value is -0.610. The van der Waals surface area contributed by atoms with Crippen molar-refractivity contribution in [3.8, 4) is 0 Å². The van der Waals surface area contributed by atoms with Crippen LogP contribution >= 0.6 is 0 Å². The SMILES string of the molecule is COC(C)CCC(=O)NCC(O)CC(C)(C)C. The lowest BCUT2D eigenvalue weighted by Crippen LogP contribution is -2.34. The number of rotatable bonds is 7. The molecule has 0 spiro atoms. The van der Waals surface area contributed by atoms with E-state index in [1.165, 1.54) is 0 Å². The topological polar surface area (TPSA) is 58.6 Å². The first kappa shape index (κ1) is 16.4. The summed E-state index contributed by atoms with van der Waals surface area (Å²) in [5, 5.41) is 12.5. The van der Waals surface area contributed by atoms with Gasteiger partial charge >= 0.3 is 0 Å². The highest BCUT2D eigenvalue weighted by Crippen LogP contribution is 2.20. The quantitative estimate of drug-likeness (QED) is 0.718. The predicted molar refractivity (Wildman–Crippen MR) is 68.8 cm³/mol. The van der Waals surface area contributed by atoms with Crippen LogP contribution in [0, 0.1) is 5.41 Å². The van der Waals surface area contributed by atoms with Crippen LogP contribution in [0.15, 0.2) is 0 Å². The number of methoxy groups -OCH3 is 1. The Morgan fingerprint density at radius 1 is 1.41 bits per heavy atom. The second-order valence-electron chi connectivity index (χ2n) is 5.81. The maximum absolute atomic E-state index is 11.5. The van der Waals surface area contributed by atoms with E-state index in [1.807, 2.05) is 6.92 Å². The average molecular weight is 245 g/mol. The molecule has 0 saturated heterocycles. The van der Waals surface area contributed by atoms with Gasteiger partial charge in [0.1, 0.15) is 0 Å². The summed E-state index contributed by atoms with van der Waals surface area (Å²) in [5.41, 5.74) is 0.0781. The van der Waals surface area contributed by atoms with Gasteiger partial charge in [0.15, 0.2) is 0 Å². The minimum absolute atomic E-state index is 0.0261. The summed E-state index contributed by atoms with van der Waals surface area (Å²) in [4.78, 5) is 11.5. The van der Waals surface area contributed by atoms with E-state index in [0.717, 1.165) is 0 Å². The van der Waals surface area contributed by atoms with Gasteiger partial charge in [0.25, 0.3) is 0 Å². The van der Waals surface area contributed by atoms with Crippen molar-refractivity contribution in [2.24, 2.45) is 5.41 Å². The van der Waals surface area contributed by atoms with Crippen molar-refractivity contribution in [2.75, 3.05) is 13.7 Å². The van der Waals surface area contributed by atoms with E-state index in [2.05, 4.69) is 26.1 Å². The molecular formula is C13H27NO3. The molecule has 4 nitrogen and oxygen atoms in total. The standard InChI is InChI=1S/C13H27NO3/c1-10(17-5)6-7-12(16)14-9-11(15)8-13(2,3)4/h10-11,15H,6-9H2,1-5H3,(H,14,16). The Labute approximate surface area is 105 Å². The van der Waals surface area contributed by atoms with E-state index >= 15 is 0 Å². The van der Waals surface area contributed by atoms with Crippen LogP contribution in [0.25, 0.3) is 0 Å². The molecule has 0 heterocycles. The molecule has 0 rings (SSSR count). The normalized spacial score (nSPS) is 15.4. The lowest BCUT2D eigenvalue weighted by Gasteiger charge is -2.22. The molecule has 2 N–H and O–H groups in total. The highest BCUT2D eigenvalue weighted by Gasteiger charge is 2.17. The van der Waals surface area contributed by atoms with Crippen LogP contribution in [0.4, 0.5) is 0 Å². The molecule has 0 bridgehead atoms. The van der Waals surface area contributed by atoms with E-state index in [1.54, 1.807) is 7.11 Å². The number of nitrogens with one attached hydrogen (secondary N) is 1. The third-order valence-electron chi connectivity index (χ3n) is 2.56. The van der Waals surface area contributed by atoms with Gasteiger partial charge in [-0.2, -0.15) is 0 Å². The molecule has 2 unspecified atom stereocenters. The van der Waals surface area contributed by atoms with Crippen molar-refractivity contribution in [1.82, 2.24) is 5.32 Å². The molecule has 0 aliphatic carbocycles. The lowest BCUT2D eigenvalue weighted by molar-refractivity contribution is -0.122. The van der Waals surface area contributed by atoms with Crippen molar-refractivity contribution in [1.29, 1.82) is 0 Å². The first-order valence-corrected chi connectivity index (χ1v) is 6.22. The molecule has 1 amide bonds. The molecule has 4 heteroatoms. The van der Waals surface area contributed by atoms with Crippen LogP contribution in [-0.4, -0.2) is 36.9 Å². The van der Waals surface area contributed by atoms with Gasteiger partial charge in [0, 0.05) is 20.1 Å². The molecule has 0 radical (unpaired) electrons. The maximum Gasteiger partial charge on any atom is 0.220 e. The third-order valence-corrected chi connectivity index (χ3v) is 2.56. The van der Waals surface area contributed by atoms with E-state index in [4.69, 9.17) is 4.74 Å². The minimum Gasteiger partial charge on any atom is -0.391 e. The Morgan fingerprint density at radius 3 is 2.47 bits per heavy atom. The minimum atomic E-state index is -0.473. The fourth-order valence-corrected chi connectivity index (χ4v) is 1.55. The number of carbonyl (C=O) groups is 1. The molecule has 102 valence electrons. The number of aliphatic hydroxyl groups is 1. The second kappa shape index (κ2) is 7.67. The molecule has 2 atom stereocenters. The van der Waals surface area contributed by atoms with Gasteiger partial charge in [-0.15, -0.1) is 0 Å². The number of hydrogen-bond donors (Lipinski definition) is 2. The Kier molecular flexibility index (Phi) is 7.39. The first-order chi connectivity index (χ1) is 7.74. The first-order valence-electron chi connectivity index (χ1n) is 6.22. The van der Waals surface area contributed by atoms with E-state index < -0.39 is 6.10 Å². The molecule has 0 aliphatic heterocycles. The molecule has 0 fully saturated rings. The molecular weight excluding hydrogens is 218 g/mol. The van der Waals surface area contributed by atoms with Crippen LogP contribution in [-0.2, 0) is 9.53 Å². The van der Waals surface area contributed by atoms with Crippen LogP contribution in [0.1, 0.15) is 47.0 Å². The Bertz CT molecular complexity index is 223. The Balaban J connectivity index is 3.70. The smallest absolute Gasteiger partial charge is 0.220 e. The van der Waals surface area contributed by atoms with Crippen molar-refractivity contribution < 1.29 is 14.6 Å². The highest BCUT2D eigenvalue weighted by molar-refractivity contribution is 5.75. The number of ether oxygens (including phenoxy) is 1. The van der Waals surface area contributed by atoms with Gasteiger partial charge in [0.2, 0.25) is 5.91 Å². The fourth-order valence-electron chi connectivity index (χ4n) is 1.55. The Morgan fingerprint density at radius 2 is 2.00 bits per heavy atom. The van der Waals surface area contributed by atoms with Crippen molar-refractivity contribution >= 4 is 5.91 Å². The summed E-state index contributed by atoms with van der Waals surface area (Å²) >= 11 is 0. The highest BCUT2D eigenvalue weighted by atomic mass is 16.5. The van der Waals surface area contributed by atoms with Crippen LogP contribution in [0.2, 0.25) is 0 Å². The number of aliphatic hydroxyl groups excluding tert-OH is 1. The molecule has 0 aromatic heterocycles. The summed E-state index contributed by atoms with van der Waals surface area (Å²) in [6.45, 7) is 8.47. The summed E-state index contributed by atoms with van der Waals surface area (Å²) in [6.07, 6.45) is 1.45. The largest absolute Gasteiger partial charge is 0.391 e. The monoisotopic (exact) mass is 245 g/mol. The summed E-state index contributed by atoms with van der Waals surface area (Å²) in [7, 11) is 1.63. The van der Waals surface area contributed by atoms with Gasteiger partial charge in [-0.05, 0) is 25.2 Å². The van der Waals surface area contributed by atoms with E-state index in [9.17, 15) is 9.90 Å². The zero-order valence-corrected chi connectivity index (χ0v) is 11.7. The van der Waals surface area contributed by atoms with Crippen molar-refractivity contribution in [3.63, 3.8) is 0 Å². The number of hydrogen-bond acceptors (Lipinski definition) is 3. The van der Waals surface area contributed by atoms with Gasteiger partial charge in [0.05, 0.1) is 12.2 Å². The number of carbonyl (C=O) groups excluding carboxylic acids is 1. The summed E-state index contributed by atoms with van der Waals surface area (Å²) in [6, 6.07) is 0. The maximum atomic E-state index is 11.5. The van der Waals surface area contributed by atoms with Crippen LogP contribution in [0.5, 0.6) is 0 Å². The molecule has 17 heavy (non-hydrogen) atoms. The average Bonchev–Trinajstić information content (AvgIpc) is 2.20. The van der Waals surface area contributed by atoms with Crippen molar-refractivity contribution in [2.45, 2.75) is 59.2 Å². The zero-order chi connectivity index (χ0) is 13.5. The summed E-state index contributed by atoms with van der Waals surface area (Å²) < 4.78 is 5.06. The summed E-state index contributed by atoms with van der Waals surface area (Å²) in [5.74, 6) is -0.0261. The molecule has 0 aromatic rings. The van der Waals surface area contributed by atoms with E-state index in [-0.39, 0.29) is 17.4 Å². The van der Waals surface area contributed by atoms with Crippen molar-refractivity contribution in [3.05, 3.63) is 0 Å². The molecule has 0 saturated carbocycles.